The molecule has 1 aromatic rings. The van der Waals surface area contributed by atoms with E-state index in [0.717, 1.165) is 10.9 Å². The van der Waals surface area contributed by atoms with Gasteiger partial charge >= 0.3 is 0 Å². The molecule has 0 saturated carbocycles. The van der Waals surface area contributed by atoms with Crippen molar-refractivity contribution in [3.63, 3.8) is 0 Å². The maximum absolute atomic E-state index is 9.46. The second-order valence-electron chi connectivity index (χ2n) is 5.80. The summed E-state index contributed by atoms with van der Waals surface area (Å²) in [6.07, 6.45) is 1.24. The van der Waals surface area contributed by atoms with Gasteiger partial charge in [0.2, 0.25) is 0 Å². The Morgan fingerprint density at radius 1 is 1.33 bits per heavy atom. The Hall–Kier alpha value is -0.543. The maximum atomic E-state index is 9.46. The van der Waals surface area contributed by atoms with Crippen LogP contribution in [0.25, 0.3) is 0 Å². The summed E-state index contributed by atoms with van der Waals surface area (Å²) in [6.45, 7) is 13.1. The van der Waals surface area contributed by atoms with Crippen LogP contribution in [0, 0.1) is 0 Å². The number of furan rings is 1. The average molecular weight is 226 g/mol. The lowest BCUT2D eigenvalue weighted by Gasteiger charge is -2.34. The van der Waals surface area contributed by atoms with Crippen LogP contribution in [0.15, 0.2) is 16.7 Å². The van der Waals surface area contributed by atoms with Gasteiger partial charge in [-0.25, -0.2) is 0 Å². The molecule has 0 fully saturated rings. The molecule has 0 saturated heterocycles. The monoisotopic (exact) mass is 226 g/mol. The van der Waals surface area contributed by atoms with Gasteiger partial charge in [0.1, 0.15) is 8.07 Å². The predicted octanol–water partition coefficient (Wildman–Crippen LogP) is 3.05. The summed E-state index contributed by atoms with van der Waals surface area (Å²) in [5, 5.41) is 10.8. The van der Waals surface area contributed by atoms with Crippen LogP contribution in [0.5, 0.6) is 0 Å². The van der Waals surface area contributed by atoms with Crippen molar-refractivity contribution in [1.82, 2.24) is 0 Å². The molecule has 1 N–H and O–H groups in total. The van der Waals surface area contributed by atoms with Crippen LogP contribution in [0.3, 0.4) is 0 Å². The molecule has 15 heavy (non-hydrogen) atoms. The zero-order valence-corrected chi connectivity index (χ0v) is 11.6. The Labute approximate surface area is 93.3 Å². The molecular weight excluding hydrogens is 204 g/mol. The largest absolute Gasteiger partial charge is 0.474 e. The van der Waals surface area contributed by atoms with Crippen molar-refractivity contribution in [2.24, 2.45) is 0 Å². The van der Waals surface area contributed by atoms with Gasteiger partial charge < -0.3 is 9.52 Å². The molecule has 0 amide bonds. The number of hydrogen-bond acceptors (Lipinski definition) is 2. The minimum atomic E-state index is -1.58. The van der Waals surface area contributed by atoms with Crippen molar-refractivity contribution in [2.75, 3.05) is 0 Å². The molecule has 1 atom stereocenters. The van der Waals surface area contributed by atoms with Crippen LogP contribution >= 0.6 is 0 Å². The standard InChI is InChI=1S/C12H22O2Si/c1-9(13)10-7-11(14-8-10)15(5,6)12(2,3)4/h7-9,13H,1-6H3. The van der Waals surface area contributed by atoms with Crippen molar-refractivity contribution in [3.8, 4) is 0 Å². The highest BCUT2D eigenvalue weighted by molar-refractivity contribution is 6.91. The molecule has 0 aromatic carbocycles. The van der Waals surface area contributed by atoms with Gasteiger partial charge in [-0.2, -0.15) is 0 Å². The minimum absolute atomic E-state index is 0.265. The van der Waals surface area contributed by atoms with Crippen molar-refractivity contribution in [3.05, 3.63) is 17.9 Å². The van der Waals surface area contributed by atoms with E-state index in [1.54, 1.807) is 13.2 Å². The zero-order chi connectivity index (χ0) is 11.9. The highest BCUT2D eigenvalue weighted by Crippen LogP contribution is 2.36. The highest BCUT2D eigenvalue weighted by Gasteiger charge is 2.39. The van der Waals surface area contributed by atoms with E-state index in [4.69, 9.17) is 4.42 Å². The third-order valence-corrected chi connectivity index (χ3v) is 8.84. The summed E-state index contributed by atoms with van der Waals surface area (Å²) in [6, 6.07) is 2.02. The lowest BCUT2D eigenvalue weighted by atomic mass is 10.2. The second kappa shape index (κ2) is 3.80. The van der Waals surface area contributed by atoms with E-state index in [-0.39, 0.29) is 5.04 Å². The van der Waals surface area contributed by atoms with Crippen LogP contribution in [0.4, 0.5) is 0 Å². The first-order valence-electron chi connectivity index (χ1n) is 5.43. The van der Waals surface area contributed by atoms with Crippen molar-refractivity contribution in [1.29, 1.82) is 0 Å². The molecule has 0 aliphatic heterocycles. The van der Waals surface area contributed by atoms with Crippen LogP contribution in [0.1, 0.15) is 39.4 Å². The molecular formula is C12H22O2Si. The van der Waals surface area contributed by atoms with E-state index in [1.807, 2.05) is 6.07 Å². The summed E-state index contributed by atoms with van der Waals surface area (Å²) in [7, 11) is -1.58. The number of hydrogen-bond donors (Lipinski definition) is 1. The molecule has 0 bridgehead atoms. The number of aliphatic hydroxyl groups excluding tert-OH is 1. The fourth-order valence-electron chi connectivity index (χ4n) is 1.27. The van der Waals surface area contributed by atoms with Crippen molar-refractivity contribution >= 4 is 13.5 Å². The molecule has 0 aliphatic rings. The first kappa shape index (κ1) is 12.5. The van der Waals surface area contributed by atoms with Crippen LogP contribution in [0.2, 0.25) is 18.1 Å². The molecule has 0 spiro atoms. The Bertz CT molecular complexity index is 332. The van der Waals surface area contributed by atoms with Gasteiger partial charge in [0.15, 0.2) is 0 Å². The van der Waals surface area contributed by atoms with E-state index in [0.29, 0.717) is 0 Å². The van der Waals surface area contributed by atoms with Crippen molar-refractivity contribution in [2.45, 2.75) is 51.9 Å². The predicted molar refractivity (Wildman–Crippen MR) is 66.2 cm³/mol. The van der Waals surface area contributed by atoms with Crippen LogP contribution in [-0.4, -0.2) is 13.2 Å². The van der Waals surface area contributed by atoms with E-state index in [9.17, 15) is 5.11 Å². The van der Waals surface area contributed by atoms with Gasteiger partial charge in [0, 0.05) is 5.56 Å². The normalized spacial score (nSPS) is 15.4. The van der Waals surface area contributed by atoms with Crippen LogP contribution < -0.4 is 5.38 Å². The summed E-state index contributed by atoms with van der Waals surface area (Å²) < 4.78 is 5.62. The number of rotatable bonds is 2. The molecule has 1 rings (SSSR count). The fraction of sp³-hybridized carbons (Fsp3) is 0.667. The molecule has 0 radical (unpaired) electrons. The minimum Gasteiger partial charge on any atom is -0.474 e. The van der Waals surface area contributed by atoms with Gasteiger partial charge in [0.25, 0.3) is 0 Å². The molecule has 1 heterocycles. The molecule has 2 nitrogen and oxygen atoms in total. The van der Waals surface area contributed by atoms with E-state index in [2.05, 4.69) is 33.9 Å². The van der Waals surface area contributed by atoms with E-state index in [1.165, 1.54) is 0 Å². The Morgan fingerprint density at radius 2 is 1.87 bits per heavy atom. The topological polar surface area (TPSA) is 33.4 Å². The molecule has 1 unspecified atom stereocenters. The van der Waals surface area contributed by atoms with Gasteiger partial charge in [-0.15, -0.1) is 0 Å². The summed E-state index contributed by atoms with van der Waals surface area (Å²) in [5.41, 5.74) is 0.884. The van der Waals surface area contributed by atoms with Gasteiger partial charge in [-0.1, -0.05) is 33.9 Å². The van der Waals surface area contributed by atoms with Gasteiger partial charge in [0.05, 0.1) is 17.8 Å². The SMILES string of the molecule is CC(O)c1coc([Si](C)(C)C(C)(C)C)c1. The first-order valence-corrected chi connectivity index (χ1v) is 8.43. The molecule has 1 aromatic heterocycles. The lowest BCUT2D eigenvalue weighted by molar-refractivity contribution is 0.198. The summed E-state index contributed by atoms with van der Waals surface area (Å²) in [5.74, 6) is 0. The summed E-state index contributed by atoms with van der Waals surface area (Å²) in [4.78, 5) is 0. The smallest absolute Gasteiger partial charge is 0.131 e. The van der Waals surface area contributed by atoms with Gasteiger partial charge in [-0.3, -0.25) is 0 Å². The van der Waals surface area contributed by atoms with Crippen molar-refractivity contribution < 1.29 is 9.52 Å². The summed E-state index contributed by atoms with van der Waals surface area (Å²) >= 11 is 0. The third kappa shape index (κ3) is 2.34. The maximum Gasteiger partial charge on any atom is 0.131 e. The molecule has 0 aliphatic carbocycles. The zero-order valence-electron chi connectivity index (χ0n) is 10.6. The molecule has 3 heteroatoms. The quantitative estimate of drug-likeness (QED) is 0.786. The average Bonchev–Trinajstić information content (AvgIpc) is 2.49. The number of aliphatic hydroxyl groups is 1. The fourth-order valence-corrected chi connectivity index (χ4v) is 2.89. The van der Waals surface area contributed by atoms with Gasteiger partial charge in [-0.05, 0) is 18.0 Å². The first-order chi connectivity index (χ1) is 6.66. The second-order valence-corrected chi connectivity index (χ2v) is 11.0. The molecule has 86 valence electrons. The van der Waals surface area contributed by atoms with Crippen LogP contribution in [-0.2, 0) is 0 Å². The van der Waals surface area contributed by atoms with E-state index >= 15 is 0 Å². The van der Waals surface area contributed by atoms with E-state index < -0.39 is 14.2 Å². The Balaban J connectivity index is 3.06. The Morgan fingerprint density at radius 3 is 2.20 bits per heavy atom. The third-order valence-electron chi connectivity index (χ3n) is 3.59. The Kier molecular flexibility index (Phi) is 3.17. The lowest BCUT2D eigenvalue weighted by Crippen LogP contribution is -2.48. The highest BCUT2D eigenvalue weighted by atomic mass is 28.3.